The van der Waals surface area contributed by atoms with Gasteiger partial charge in [-0.3, -0.25) is 4.79 Å². The predicted octanol–water partition coefficient (Wildman–Crippen LogP) is 2.78. The average molecular weight is 384 g/mol. The quantitative estimate of drug-likeness (QED) is 0.846. The van der Waals surface area contributed by atoms with Gasteiger partial charge in [-0.05, 0) is 44.1 Å². The minimum atomic E-state index is -0.225. The van der Waals surface area contributed by atoms with Crippen molar-refractivity contribution in [1.82, 2.24) is 15.3 Å². The van der Waals surface area contributed by atoms with Crippen LogP contribution in [0.1, 0.15) is 66.5 Å². The number of anilines is 1. The molecule has 1 aliphatic carbocycles. The van der Waals surface area contributed by atoms with Gasteiger partial charge in [0.2, 0.25) is 5.95 Å². The van der Waals surface area contributed by atoms with Crippen LogP contribution in [0.25, 0.3) is 0 Å². The van der Waals surface area contributed by atoms with E-state index in [1.807, 2.05) is 13.1 Å². The molecule has 3 heterocycles. The summed E-state index contributed by atoms with van der Waals surface area (Å²) < 4.78 is 5.34. The number of aryl methyl sites for hydroxylation is 1. The zero-order valence-corrected chi connectivity index (χ0v) is 16.7. The molecule has 0 aromatic carbocycles. The summed E-state index contributed by atoms with van der Waals surface area (Å²) in [5.74, 6) is 0.870. The van der Waals surface area contributed by atoms with Gasteiger partial charge in [-0.1, -0.05) is 13.8 Å². The van der Waals surface area contributed by atoms with Crippen LogP contribution in [0.15, 0.2) is 22.9 Å². The second-order valence-corrected chi connectivity index (χ2v) is 8.79. The summed E-state index contributed by atoms with van der Waals surface area (Å²) in [5, 5.41) is 12.9. The molecule has 1 fully saturated rings. The van der Waals surface area contributed by atoms with Crippen molar-refractivity contribution in [2.45, 2.75) is 58.6 Å². The average Bonchev–Trinajstić information content (AvgIpc) is 3.07. The summed E-state index contributed by atoms with van der Waals surface area (Å²) in [6.45, 7) is 7.79. The van der Waals surface area contributed by atoms with Crippen LogP contribution in [0.5, 0.6) is 0 Å². The Morgan fingerprint density at radius 3 is 2.79 bits per heavy atom. The predicted molar refractivity (Wildman–Crippen MR) is 105 cm³/mol. The zero-order chi connectivity index (χ0) is 19.9. The Bertz CT molecular complexity index is 868. The molecule has 2 N–H and O–H groups in total. The fraction of sp³-hybridized carbons (Fsp3) is 0.571. The van der Waals surface area contributed by atoms with E-state index in [1.165, 1.54) is 6.26 Å². The topological polar surface area (TPSA) is 91.5 Å². The lowest BCUT2D eigenvalue weighted by Gasteiger charge is -2.37. The van der Waals surface area contributed by atoms with Crippen molar-refractivity contribution in [3.8, 4) is 0 Å². The first kappa shape index (κ1) is 18.9. The maximum atomic E-state index is 12.7. The number of aliphatic hydroxyl groups excluding tert-OH is 1. The van der Waals surface area contributed by atoms with Crippen LogP contribution < -0.4 is 10.2 Å². The Labute approximate surface area is 165 Å². The van der Waals surface area contributed by atoms with E-state index in [9.17, 15) is 9.90 Å². The number of furan rings is 1. The number of fused-ring (bicyclic) bond motifs is 1. The number of carbonyl (C=O) groups is 1. The SMILES string of the molecule is Cc1ccoc1C(=O)NC1CC(C)(C)Cc2nc(N3CCC(O)CC3)ncc21. The van der Waals surface area contributed by atoms with Crippen molar-refractivity contribution in [3.63, 3.8) is 0 Å². The number of hydrogen-bond acceptors (Lipinski definition) is 6. The number of rotatable bonds is 3. The van der Waals surface area contributed by atoms with Crippen molar-refractivity contribution in [2.75, 3.05) is 18.0 Å². The molecule has 1 atom stereocenters. The molecule has 0 bridgehead atoms. The molecule has 150 valence electrons. The second-order valence-electron chi connectivity index (χ2n) is 8.79. The Balaban J connectivity index is 1.59. The van der Waals surface area contributed by atoms with Crippen molar-refractivity contribution >= 4 is 11.9 Å². The van der Waals surface area contributed by atoms with Gasteiger partial charge in [0.1, 0.15) is 0 Å². The molecule has 7 heteroatoms. The van der Waals surface area contributed by atoms with Gasteiger partial charge >= 0.3 is 0 Å². The number of nitrogens with zero attached hydrogens (tertiary/aromatic N) is 3. The molecule has 1 saturated heterocycles. The molecule has 1 aliphatic heterocycles. The van der Waals surface area contributed by atoms with E-state index >= 15 is 0 Å². The van der Waals surface area contributed by atoms with Gasteiger partial charge in [0, 0.05) is 30.4 Å². The van der Waals surface area contributed by atoms with Crippen LogP contribution in [0.3, 0.4) is 0 Å². The third-order valence-corrected chi connectivity index (χ3v) is 5.79. The van der Waals surface area contributed by atoms with E-state index in [2.05, 4.69) is 29.0 Å². The highest BCUT2D eigenvalue weighted by atomic mass is 16.3. The highest BCUT2D eigenvalue weighted by molar-refractivity contribution is 5.93. The molecule has 28 heavy (non-hydrogen) atoms. The van der Waals surface area contributed by atoms with Gasteiger partial charge in [-0.2, -0.15) is 0 Å². The van der Waals surface area contributed by atoms with Crippen molar-refractivity contribution in [1.29, 1.82) is 0 Å². The third kappa shape index (κ3) is 3.76. The number of carbonyl (C=O) groups excluding carboxylic acids is 1. The van der Waals surface area contributed by atoms with Crippen LogP contribution in [0.2, 0.25) is 0 Å². The maximum Gasteiger partial charge on any atom is 0.287 e. The summed E-state index contributed by atoms with van der Waals surface area (Å²) in [5.41, 5.74) is 2.82. The summed E-state index contributed by atoms with van der Waals surface area (Å²) in [6.07, 6.45) is 6.33. The van der Waals surface area contributed by atoms with E-state index in [1.54, 1.807) is 6.07 Å². The Hall–Kier alpha value is -2.41. The first-order valence-electron chi connectivity index (χ1n) is 9.96. The van der Waals surface area contributed by atoms with Crippen LogP contribution >= 0.6 is 0 Å². The summed E-state index contributed by atoms with van der Waals surface area (Å²) in [4.78, 5) is 24.3. The van der Waals surface area contributed by atoms with Gasteiger partial charge in [0.15, 0.2) is 5.76 Å². The molecule has 0 spiro atoms. The molecule has 4 rings (SSSR count). The van der Waals surface area contributed by atoms with Gasteiger partial charge < -0.3 is 19.7 Å². The molecular formula is C21H28N4O3. The Morgan fingerprint density at radius 1 is 1.36 bits per heavy atom. The van der Waals surface area contributed by atoms with E-state index in [4.69, 9.17) is 9.40 Å². The fourth-order valence-electron chi connectivity index (χ4n) is 4.21. The lowest BCUT2D eigenvalue weighted by molar-refractivity contribution is 0.0890. The number of aliphatic hydroxyl groups is 1. The maximum absolute atomic E-state index is 12.7. The minimum Gasteiger partial charge on any atom is -0.459 e. The van der Waals surface area contributed by atoms with Gasteiger partial charge in [0.05, 0.1) is 24.1 Å². The number of amides is 1. The molecule has 1 amide bonds. The zero-order valence-electron chi connectivity index (χ0n) is 16.7. The molecule has 2 aliphatic rings. The lowest BCUT2D eigenvalue weighted by Crippen LogP contribution is -2.39. The highest BCUT2D eigenvalue weighted by Crippen LogP contribution is 2.40. The van der Waals surface area contributed by atoms with E-state index in [0.29, 0.717) is 5.76 Å². The largest absolute Gasteiger partial charge is 0.459 e. The normalized spacial score (nSPS) is 22.0. The standard InChI is InChI=1S/C21H28N4O3/c1-13-6-9-28-18(13)19(27)23-16-10-21(2,3)11-17-15(16)12-22-20(24-17)25-7-4-14(26)5-8-25/h6,9,12,14,16,26H,4-5,7-8,10-11H2,1-3H3,(H,23,27). The third-order valence-electron chi connectivity index (χ3n) is 5.79. The monoisotopic (exact) mass is 384 g/mol. The Kier molecular flexibility index (Phi) is 4.87. The van der Waals surface area contributed by atoms with Crippen LogP contribution in [0.4, 0.5) is 5.95 Å². The van der Waals surface area contributed by atoms with E-state index in [-0.39, 0.29) is 23.5 Å². The smallest absolute Gasteiger partial charge is 0.287 e. The van der Waals surface area contributed by atoms with Gasteiger partial charge in [0.25, 0.3) is 5.91 Å². The summed E-state index contributed by atoms with van der Waals surface area (Å²) in [7, 11) is 0. The molecule has 2 aromatic heterocycles. The summed E-state index contributed by atoms with van der Waals surface area (Å²) >= 11 is 0. The van der Waals surface area contributed by atoms with Crippen molar-refractivity contribution < 1.29 is 14.3 Å². The molecular weight excluding hydrogens is 356 g/mol. The number of nitrogens with one attached hydrogen (secondary N) is 1. The molecule has 2 aromatic rings. The second kappa shape index (κ2) is 7.20. The van der Waals surface area contributed by atoms with Crippen LogP contribution in [-0.4, -0.2) is 40.2 Å². The number of aromatic nitrogens is 2. The van der Waals surface area contributed by atoms with Crippen LogP contribution in [-0.2, 0) is 6.42 Å². The van der Waals surface area contributed by atoms with Crippen LogP contribution in [0, 0.1) is 12.3 Å². The summed E-state index contributed by atoms with van der Waals surface area (Å²) in [6, 6.07) is 1.64. The fourth-order valence-corrected chi connectivity index (χ4v) is 4.21. The van der Waals surface area contributed by atoms with Crippen molar-refractivity contribution in [3.05, 3.63) is 41.1 Å². The van der Waals surface area contributed by atoms with Crippen molar-refractivity contribution in [2.24, 2.45) is 5.41 Å². The first-order valence-corrected chi connectivity index (χ1v) is 9.96. The highest BCUT2D eigenvalue weighted by Gasteiger charge is 2.35. The molecule has 0 saturated carbocycles. The first-order chi connectivity index (χ1) is 13.3. The number of hydrogen-bond donors (Lipinski definition) is 2. The van der Waals surface area contributed by atoms with E-state index in [0.717, 1.165) is 61.5 Å². The van der Waals surface area contributed by atoms with E-state index < -0.39 is 0 Å². The number of piperidine rings is 1. The molecule has 1 unspecified atom stereocenters. The minimum absolute atomic E-state index is 0.0207. The molecule has 0 radical (unpaired) electrons. The lowest BCUT2D eigenvalue weighted by atomic mass is 9.74. The Morgan fingerprint density at radius 2 is 2.11 bits per heavy atom. The van der Waals surface area contributed by atoms with Gasteiger partial charge in [-0.25, -0.2) is 9.97 Å². The van der Waals surface area contributed by atoms with Gasteiger partial charge in [-0.15, -0.1) is 0 Å². The molecule has 7 nitrogen and oxygen atoms in total.